The predicted octanol–water partition coefficient (Wildman–Crippen LogP) is -0.0433. The molecule has 1 heterocycles. The zero-order valence-electron chi connectivity index (χ0n) is 6.59. The van der Waals surface area contributed by atoms with E-state index in [0.717, 1.165) is 5.84 Å². The first-order valence-corrected chi connectivity index (χ1v) is 3.22. The van der Waals surface area contributed by atoms with E-state index in [2.05, 4.69) is 5.16 Å². The van der Waals surface area contributed by atoms with Crippen LogP contribution in [0.5, 0.6) is 0 Å². The van der Waals surface area contributed by atoms with E-state index in [0.29, 0.717) is 6.73 Å². The molecule has 4 heteroatoms. The molecule has 1 rings (SSSR count). The first-order chi connectivity index (χ1) is 4.52. The highest BCUT2D eigenvalue weighted by atomic mass is 16.7. The standard InChI is InChI=1S/C6H13N3O/c1-6(2,7)5-8-10-4-9(5)3/h4,7H2,1-3H3. The molecule has 0 aromatic carbocycles. The van der Waals surface area contributed by atoms with Crippen molar-refractivity contribution in [3.05, 3.63) is 0 Å². The van der Waals surface area contributed by atoms with Gasteiger partial charge in [-0.3, -0.25) is 0 Å². The van der Waals surface area contributed by atoms with E-state index in [1.165, 1.54) is 0 Å². The van der Waals surface area contributed by atoms with E-state index >= 15 is 0 Å². The van der Waals surface area contributed by atoms with Crippen LogP contribution in [0.2, 0.25) is 0 Å². The second kappa shape index (κ2) is 2.12. The lowest BCUT2D eigenvalue weighted by molar-refractivity contribution is 0.120. The van der Waals surface area contributed by atoms with Crippen LogP contribution in [0.1, 0.15) is 13.8 Å². The minimum absolute atomic E-state index is 0.398. The Morgan fingerprint density at radius 3 is 2.50 bits per heavy atom. The van der Waals surface area contributed by atoms with Crippen molar-refractivity contribution in [1.82, 2.24) is 4.90 Å². The largest absolute Gasteiger partial charge is 0.372 e. The summed E-state index contributed by atoms with van der Waals surface area (Å²) in [4.78, 5) is 6.72. The van der Waals surface area contributed by atoms with Gasteiger partial charge in [-0.25, -0.2) is 0 Å². The highest BCUT2D eigenvalue weighted by Crippen LogP contribution is 2.10. The smallest absolute Gasteiger partial charge is 0.190 e. The Labute approximate surface area is 60.6 Å². The summed E-state index contributed by atoms with van der Waals surface area (Å²) in [6, 6.07) is 0. The third kappa shape index (κ3) is 1.21. The molecule has 0 saturated carbocycles. The zero-order valence-corrected chi connectivity index (χ0v) is 6.59. The number of rotatable bonds is 1. The number of oxime groups is 1. The SMILES string of the molecule is CN1CON=C1C(C)(C)N. The van der Waals surface area contributed by atoms with Crippen molar-refractivity contribution in [3.63, 3.8) is 0 Å². The highest BCUT2D eigenvalue weighted by Gasteiger charge is 2.27. The van der Waals surface area contributed by atoms with Crippen LogP contribution in [0.4, 0.5) is 0 Å². The average Bonchev–Trinajstić information content (AvgIpc) is 2.11. The number of nitrogens with zero attached hydrogens (tertiary/aromatic N) is 2. The maximum atomic E-state index is 5.78. The molecule has 0 bridgehead atoms. The first-order valence-electron chi connectivity index (χ1n) is 3.22. The molecular formula is C6H13N3O. The van der Waals surface area contributed by atoms with Gasteiger partial charge in [-0.2, -0.15) is 0 Å². The Bertz CT molecular complexity index is 159. The topological polar surface area (TPSA) is 50.8 Å². The molecule has 0 spiro atoms. The summed E-state index contributed by atoms with van der Waals surface area (Å²) in [6.07, 6.45) is 0. The lowest BCUT2D eigenvalue weighted by Crippen LogP contribution is -2.47. The first kappa shape index (κ1) is 7.34. The van der Waals surface area contributed by atoms with E-state index in [1.807, 2.05) is 25.8 Å². The van der Waals surface area contributed by atoms with Crippen molar-refractivity contribution in [3.8, 4) is 0 Å². The van der Waals surface area contributed by atoms with Gasteiger partial charge in [0.1, 0.15) is 0 Å². The van der Waals surface area contributed by atoms with Crippen molar-refractivity contribution in [2.75, 3.05) is 13.8 Å². The molecule has 58 valence electrons. The lowest BCUT2D eigenvalue weighted by Gasteiger charge is -2.22. The molecule has 4 nitrogen and oxygen atoms in total. The van der Waals surface area contributed by atoms with Gasteiger partial charge >= 0.3 is 0 Å². The number of hydrogen-bond acceptors (Lipinski definition) is 4. The van der Waals surface area contributed by atoms with Gasteiger partial charge in [-0.1, -0.05) is 5.16 Å². The molecule has 0 aromatic heterocycles. The van der Waals surface area contributed by atoms with E-state index in [4.69, 9.17) is 10.6 Å². The molecule has 0 saturated heterocycles. The Hall–Kier alpha value is -0.770. The summed E-state index contributed by atoms with van der Waals surface area (Å²) in [5, 5.41) is 3.81. The second-order valence-electron chi connectivity index (χ2n) is 3.09. The third-order valence-corrected chi connectivity index (χ3v) is 1.34. The summed E-state index contributed by atoms with van der Waals surface area (Å²) in [6.45, 7) is 4.31. The third-order valence-electron chi connectivity index (χ3n) is 1.34. The summed E-state index contributed by atoms with van der Waals surface area (Å²) in [5.41, 5.74) is 5.38. The summed E-state index contributed by atoms with van der Waals surface area (Å²) in [7, 11) is 1.90. The predicted molar refractivity (Wildman–Crippen MR) is 39.4 cm³/mol. The Kier molecular flexibility index (Phi) is 1.56. The number of nitrogens with two attached hydrogens (primary N) is 1. The quantitative estimate of drug-likeness (QED) is 0.560. The minimum atomic E-state index is -0.398. The van der Waals surface area contributed by atoms with Crippen LogP contribution >= 0.6 is 0 Å². The van der Waals surface area contributed by atoms with Crippen molar-refractivity contribution in [1.29, 1.82) is 0 Å². The average molecular weight is 143 g/mol. The normalized spacial score (nSPS) is 18.8. The number of amidine groups is 1. The van der Waals surface area contributed by atoms with Crippen LogP contribution in [0.3, 0.4) is 0 Å². The van der Waals surface area contributed by atoms with Gasteiger partial charge in [-0.05, 0) is 13.8 Å². The van der Waals surface area contributed by atoms with Crippen LogP contribution < -0.4 is 5.73 Å². The summed E-state index contributed by atoms with van der Waals surface area (Å²) >= 11 is 0. The van der Waals surface area contributed by atoms with E-state index in [1.54, 1.807) is 0 Å². The summed E-state index contributed by atoms with van der Waals surface area (Å²) in [5.74, 6) is 0.799. The monoisotopic (exact) mass is 143 g/mol. The van der Waals surface area contributed by atoms with Crippen molar-refractivity contribution in [2.45, 2.75) is 19.4 Å². The maximum absolute atomic E-state index is 5.78. The molecule has 0 aliphatic carbocycles. The molecule has 2 N–H and O–H groups in total. The molecule has 0 unspecified atom stereocenters. The molecule has 0 radical (unpaired) electrons. The molecule has 0 atom stereocenters. The Balaban J connectivity index is 2.72. The van der Waals surface area contributed by atoms with Crippen molar-refractivity contribution < 1.29 is 4.84 Å². The van der Waals surface area contributed by atoms with Gasteiger partial charge < -0.3 is 15.5 Å². The Morgan fingerprint density at radius 1 is 1.70 bits per heavy atom. The highest BCUT2D eigenvalue weighted by molar-refractivity contribution is 5.90. The lowest BCUT2D eigenvalue weighted by atomic mass is 10.1. The molecule has 1 aliphatic heterocycles. The molecule has 0 fully saturated rings. The van der Waals surface area contributed by atoms with Crippen LogP contribution in [-0.4, -0.2) is 30.1 Å². The number of hydrogen-bond donors (Lipinski definition) is 1. The van der Waals surface area contributed by atoms with Gasteiger partial charge in [0.2, 0.25) is 0 Å². The number of likely N-dealkylation sites (N-methyl/N-ethyl adjacent to an activating group) is 1. The fourth-order valence-corrected chi connectivity index (χ4v) is 0.917. The molecular weight excluding hydrogens is 130 g/mol. The fourth-order valence-electron chi connectivity index (χ4n) is 0.917. The second-order valence-corrected chi connectivity index (χ2v) is 3.09. The van der Waals surface area contributed by atoms with Crippen LogP contribution in [0.15, 0.2) is 5.16 Å². The van der Waals surface area contributed by atoms with Crippen LogP contribution in [0.25, 0.3) is 0 Å². The molecule has 10 heavy (non-hydrogen) atoms. The van der Waals surface area contributed by atoms with E-state index in [-0.39, 0.29) is 0 Å². The molecule has 1 aliphatic rings. The van der Waals surface area contributed by atoms with Gasteiger partial charge in [0.15, 0.2) is 12.6 Å². The van der Waals surface area contributed by atoms with Gasteiger partial charge in [0.05, 0.1) is 5.54 Å². The molecule has 0 amide bonds. The maximum Gasteiger partial charge on any atom is 0.190 e. The van der Waals surface area contributed by atoms with Crippen LogP contribution in [0, 0.1) is 0 Å². The summed E-state index contributed by atoms with van der Waals surface area (Å²) < 4.78 is 0. The van der Waals surface area contributed by atoms with Gasteiger partial charge in [0, 0.05) is 7.05 Å². The van der Waals surface area contributed by atoms with Crippen LogP contribution in [-0.2, 0) is 4.84 Å². The van der Waals surface area contributed by atoms with E-state index < -0.39 is 5.54 Å². The van der Waals surface area contributed by atoms with Gasteiger partial charge in [0.25, 0.3) is 0 Å². The van der Waals surface area contributed by atoms with Gasteiger partial charge in [-0.15, -0.1) is 0 Å². The fraction of sp³-hybridized carbons (Fsp3) is 0.833. The van der Waals surface area contributed by atoms with E-state index in [9.17, 15) is 0 Å². The molecule has 0 aromatic rings. The Morgan fingerprint density at radius 2 is 2.30 bits per heavy atom. The zero-order chi connectivity index (χ0) is 7.78. The minimum Gasteiger partial charge on any atom is -0.372 e. The van der Waals surface area contributed by atoms with Crippen molar-refractivity contribution >= 4 is 5.84 Å². The van der Waals surface area contributed by atoms with Crippen molar-refractivity contribution in [2.24, 2.45) is 10.9 Å².